The highest BCUT2D eigenvalue weighted by atomic mass is 32.2. The topological polar surface area (TPSA) is 67.8 Å². The molecule has 0 aliphatic rings. The molecule has 0 saturated heterocycles. The summed E-state index contributed by atoms with van der Waals surface area (Å²) in [5.41, 5.74) is 2.90. The zero-order valence-electron chi connectivity index (χ0n) is 13.9. The second-order valence-electron chi connectivity index (χ2n) is 5.67. The molecular formula is C19H13N3O2S3. The molecule has 134 valence electrons. The number of thiophene rings is 2. The first kappa shape index (κ1) is 16.6. The minimum Gasteiger partial charge on any atom is -0.461 e. The van der Waals surface area contributed by atoms with E-state index in [1.165, 1.54) is 4.88 Å². The molecule has 0 atom stereocenters. The zero-order chi connectivity index (χ0) is 18.1. The molecule has 5 aromatic heterocycles. The Morgan fingerprint density at radius 2 is 1.85 bits per heavy atom. The van der Waals surface area contributed by atoms with E-state index in [9.17, 15) is 0 Å². The van der Waals surface area contributed by atoms with Crippen molar-refractivity contribution < 1.29 is 8.94 Å². The molecule has 0 aliphatic heterocycles. The van der Waals surface area contributed by atoms with E-state index in [1.54, 1.807) is 40.7 Å². The van der Waals surface area contributed by atoms with Gasteiger partial charge < -0.3 is 13.9 Å². The molecule has 5 rings (SSSR count). The van der Waals surface area contributed by atoms with Crippen LogP contribution in [0.4, 0.5) is 0 Å². The lowest BCUT2D eigenvalue weighted by Gasteiger charge is -1.96. The normalized spacial score (nSPS) is 11.3. The van der Waals surface area contributed by atoms with Crippen LogP contribution in [-0.4, -0.2) is 15.1 Å². The molecule has 0 spiro atoms. The molecule has 8 heteroatoms. The SMILES string of the molecule is c1coc(-c2cc(CSc3nc(-c4cccs4)c(-c4cccs4)[nH]3)no2)c1. The molecule has 0 fully saturated rings. The molecule has 0 bridgehead atoms. The molecule has 0 aliphatic carbocycles. The van der Waals surface area contributed by atoms with E-state index in [1.807, 2.05) is 24.3 Å². The number of H-pyrrole nitrogens is 1. The number of thioether (sulfide) groups is 1. The summed E-state index contributed by atoms with van der Waals surface area (Å²) in [6, 6.07) is 13.9. The van der Waals surface area contributed by atoms with Crippen LogP contribution in [0.15, 0.2) is 73.6 Å². The van der Waals surface area contributed by atoms with Crippen molar-refractivity contribution in [3.05, 3.63) is 65.2 Å². The van der Waals surface area contributed by atoms with Gasteiger partial charge in [0.15, 0.2) is 10.9 Å². The fourth-order valence-corrected chi connectivity index (χ4v) is 4.86. The number of imidazole rings is 1. The van der Waals surface area contributed by atoms with Crippen LogP contribution in [0.2, 0.25) is 0 Å². The van der Waals surface area contributed by atoms with Crippen molar-refractivity contribution >= 4 is 34.4 Å². The Hall–Kier alpha value is -2.55. The summed E-state index contributed by atoms with van der Waals surface area (Å²) < 4.78 is 10.7. The van der Waals surface area contributed by atoms with Gasteiger partial charge in [-0.15, -0.1) is 22.7 Å². The number of hydrogen-bond donors (Lipinski definition) is 1. The summed E-state index contributed by atoms with van der Waals surface area (Å²) in [7, 11) is 0. The standard InChI is InChI=1S/C19H13N3O2S3/c1-4-13(23-7-1)14-10-12(22-24-14)11-27-19-20-17(15-5-2-8-25-15)18(21-19)16-6-3-9-26-16/h1-10H,11H2,(H,20,21). The summed E-state index contributed by atoms with van der Waals surface area (Å²) in [5, 5.41) is 9.13. The van der Waals surface area contributed by atoms with Gasteiger partial charge >= 0.3 is 0 Å². The van der Waals surface area contributed by atoms with E-state index in [2.05, 4.69) is 39.1 Å². The third-order valence-corrected chi connectivity index (χ3v) is 6.55. The second kappa shape index (κ2) is 7.22. The molecule has 5 nitrogen and oxygen atoms in total. The smallest absolute Gasteiger partial charge is 0.202 e. The largest absolute Gasteiger partial charge is 0.461 e. The lowest BCUT2D eigenvalue weighted by atomic mass is 10.2. The predicted octanol–water partition coefficient (Wildman–Crippen LogP) is 6.41. The van der Waals surface area contributed by atoms with Gasteiger partial charge in [-0.25, -0.2) is 4.98 Å². The summed E-state index contributed by atoms with van der Waals surface area (Å²) in [5.74, 6) is 1.97. The van der Waals surface area contributed by atoms with Crippen LogP contribution in [0.5, 0.6) is 0 Å². The van der Waals surface area contributed by atoms with Crippen molar-refractivity contribution in [2.45, 2.75) is 10.9 Å². The molecule has 1 N–H and O–H groups in total. The van der Waals surface area contributed by atoms with Gasteiger partial charge in [-0.2, -0.15) is 0 Å². The molecule has 0 radical (unpaired) electrons. The quantitative estimate of drug-likeness (QED) is 0.327. The average Bonchev–Trinajstić information content (AvgIpc) is 3.51. The molecule has 0 unspecified atom stereocenters. The van der Waals surface area contributed by atoms with E-state index in [-0.39, 0.29) is 0 Å². The van der Waals surface area contributed by atoms with Crippen LogP contribution in [0.3, 0.4) is 0 Å². The molecule has 0 aromatic carbocycles. The van der Waals surface area contributed by atoms with Crippen molar-refractivity contribution in [2.24, 2.45) is 0 Å². The van der Waals surface area contributed by atoms with Crippen LogP contribution in [-0.2, 0) is 5.75 Å². The third-order valence-electron chi connectivity index (χ3n) is 3.88. The summed E-state index contributed by atoms with van der Waals surface area (Å²) in [6.07, 6.45) is 1.62. The maximum atomic E-state index is 5.36. The van der Waals surface area contributed by atoms with Gasteiger partial charge in [0.25, 0.3) is 0 Å². The van der Waals surface area contributed by atoms with Crippen molar-refractivity contribution in [2.75, 3.05) is 0 Å². The van der Waals surface area contributed by atoms with Gasteiger partial charge in [0.1, 0.15) is 5.69 Å². The van der Waals surface area contributed by atoms with Gasteiger partial charge in [0, 0.05) is 11.8 Å². The molecule has 5 heterocycles. The lowest BCUT2D eigenvalue weighted by molar-refractivity contribution is 0.413. The van der Waals surface area contributed by atoms with Crippen LogP contribution < -0.4 is 0 Å². The van der Waals surface area contributed by atoms with Gasteiger partial charge in [-0.05, 0) is 35.0 Å². The number of aromatic amines is 1. The van der Waals surface area contributed by atoms with Gasteiger partial charge in [-0.3, -0.25) is 0 Å². The van der Waals surface area contributed by atoms with Crippen molar-refractivity contribution in [3.8, 4) is 32.7 Å². The van der Waals surface area contributed by atoms with Gasteiger partial charge in [-0.1, -0.05) is 29.1 Å². The Bertz CT molecular complexity index is 1070. The highest BCUT2D eigenvalue weighted by Crippen LogP contribution is 2.37. The number of furan rings is 1. The maximum absolute atomic E-state index is 5.36. The minimum absolute atomic E-state index is 0.633. The van der Waals surface area contributed by atoms with Crippen LogP contribution in [0.25, 0.3) is 32.7 Å². The summed E-state index contributed by atoms with van der Waals surface area (Å²) in [6.45, 7) is 0. The number of rotatable bonds is 6. The van der Waals surface area contributed by atoms with Crippen molar-refractivity contribution in [3.63, 3.8) is 0 Å². The van der Waals surface area contributed by atoms with Gasteiger partial charge in [0.2, 0.25) is 5.76 Å². The van der Waals surface area contributed by atoms with E-state index < -0.39 is 0 Å². The summed E-state index contributed by atoms with van der Waals surface area (Å²) >= 11 is 5.00. The number of nitrogens with zero attached hydrogens (tertiary/aromatic N) is 2. The highest BCUT2D eigenvalue weighted by molar-refractivity contribution is 7.98. The fourth-order valence-electron chi connectivity index (χ4n) is 2.67. The molecule has 0 amide bonds. The second-order valence-corrected chi connectivity index (χ2v) is 8.53. The monoisotopic (exact) mass is 411 g/mol. The highest BCUT2D eigenvalue weighted by Gasteiger charge is 2.17. The van der Waals surface area contributed by atoms with Crippen molar-refractivity contribution in [1.82, 2.24) is 15.1 Å². The lowest BCUT2D eigenvalue weighted by Crippen LogP contribution is -1.81. The number of nitrogens with one attached hydrogen (secondary N) is 1. The molecule has 0 saturated carbocycles. The first-order valence-electron chi connectivity index (χ1n) is 8.17. The Labute approximate surface area is 167 Å². The number of aromatic nitrogens is 3. The Morgan fingerprint density at radius 1 is 1.00 bits per heavy atom. The first-order valence-corrected chi connectivity index (χ1v) is 10.9. The van der Waals surface area contributed by atoms with Crippen LogP contribution >= 0.6 is 34.4 Å². The van der Waals surface area contributed by atoms with E-state index >= 15 is 0 Å². The minimum atomic E-state index is 0.633. The molecule has 27 heavy (non-hydrogen) atoms. The molecular weight excluding hydrogens is 398 g/mol. The van der Waals surface area contributed by atoms with Crippen LogP contribution in [0, 0.1) is 0 Å². The Balaban J connectivity index is 1.39. The average molecular weight is 412 g/mol. The van der Waals surface area contributed by atoms with E-state index in [4.69, 9.17) is 13.9 Å². The Morgan fingerprint density at radius 3 is 2.59 bits per heavy atom. The first-order chi connectivity index (χ1) is 13.4. The van der Waals surface area contributed by atoms with E-state index in [0.29, 0.717) is 17.3 Å². The zero-order valence-corrected chi connectivity index (χ0v) is 16.4. The van der Waals surface area contributed by atoms with Crippen molar-refractivity contribution in [1.29, 1.82) is 0 Å². The summed E-state index contributed by atoms with van der Waals surface area (Å²) in [4.78, 5) is 10.6. The van der Waals surface area contributed by atoms with E-state index in [0.717, 1.165) is 27.1 Å². The molecule has 5 aromatic rings. The van der Waals surface area contributed by atoms with Gasteiger partial charge in [0.05, 0.1) is 27.4 Å². The predicted molar refractivity (Wildman–Crippen MR) is 109 cm³/mol. The van der Waals surface area contributed by atoms with Crippen LogP contribution in [0.1, 0.15) is 5.69 Å². The number of hydrogen-bond acceptors (Lipinski definition) is 7. The maximum Gasteiger partial charge on any atom is 0.202 e. The fraction of sp³-hybridized carbons (Fsp3) is 0.0526. The Kier molecular flexibility index (Phi) is 4.44. The third kappa shape index (κ3) is 3.39.